The van der Waals surface area contributed by atoms with Crippen molar-refractivity contribution in [3.8, 4) is 28.4 Å². The fraction of sp³-hybridized carbons (Fsp3) is 0.379. The van der Waals surface area contributed by atoms with Gasteiger partial charge in [-0.3, -0.25) is 0 Å². The lowest BCUT2D eigenvalue weighted by atomic mass is 10.1. The van der Waals surface area contributed by atoms with E-state index in [2.05, 4.69) is 38.1 Å². The Labute approximate surface area is 204 Å². The molecule has 0 amide bonds. The summed E-state index contributed by atoms with van der Waals surface area (Å²) in [6.45, 7) is 6.51. The summed E-state index contributed by atoms with van der Waals surface area (Å²) in [4.78, 5) is 0. The van der Waals surface area contributed by atoms with E-state index >= 15 is 0 Å². The number of rotatable bonds is 14. The molecule has 5 nitrogen and oxygen atoms in total. The average Bonchev–Trinajstić information content (AvgIpc) is 2.86. The van der Waals surface area contributed by atoms with E-state index < -0.39 is 0 Å². The van der Waals surface area contributed by atoms with Crippen LogP contribution < -0.4 is 25.7 Å². The molecule has 0 spiro atoms. The molecule has 5 heteroatoms. The van der Waals surface area contributed by atoms with Crippen LogP contribution in [0, 0.1) is 5.92 Å². The van der Waals surface area contributed by atoms with Gasteiger partial charge >= 0.3 is 0 Å². The first kappa shape index (κ1) is 25.3. The summed E-state index contributed by atoms with van der Waals surface area (Å²) in [5.41, 5.74) is 15.2. The first-order valence-corrected chi connectivity index (χ1v) is 12.3. The van der Waals surface area contributed by atoms with Crippen LogP contribution in [0.5, 0.6) is 17.2 Å². The normalized spacial score (nSPS) is 11.7. The fourth-order valence-corrected chi connectivity index (χ4v) is 3.47. The van der Waals surface area contributed by atoms with Crippen molar-refractivity contribution in [2.75, 3.05) is 31.3 Å². The van der Waals surface area contributed by atoms with Gasteiger partial charge in [0.15, 0.2) is 0 Å². The molecule has 182 valence electrons. The molecule has 0 saturated carbocycles. The number of hydrogen-bond donors (Lipinski definition) is 2. The molecule has 0 aliphatic heterocycles. The van der Waals surface area contributed by atoms with E-state index in [1.54, 1.807) is 12.1 Å². The van der Waals surface area contributed by atoms with E-state index in [-0.39, 0.29) is 0 Å². The maximum atomic E-state index is 5.90. The highest BCUT2D eigenvalue weighted by Gasteiger charge is 2.03. The Morgan fingerprint density at radius 1 is 0.676 bits per heavy atom. The maximum Gasteiger partial charge on any atom is 0.142 e. The standard InChI is InChI=1S/C29H38N2O3/c1-3-22(2)21-34-27-15-10-24(11-16-27)23-8-13-26(14-9-23)32-18-6-4-5-7-19-33-29-17-12-25(30)20-28(29)31/h8-17,20,22H,3-7,18-19,21,30-31H2,1-2H3. The van der Waals surface area contributed by atoms with Gasteiger partial charge in [-0.15, -0.1) is 0 Å². The number of nitrogens with two attached hydrogens (primary N) is 2. The van der Waals surface area contributed by atoms with Crippen LogP contribution in [0.25, 0.3) is 11.1 Å². The third-order valence-electron chi connectivity index (χ3n) is 5.87. The number of nitrogen functional groups attached to an aromatic ring is 2. The number of unbranched alkanes of at least 4 members (excludes halogenated alkanes) is 3. The van der Waals surface area contributed by atoms with Crippen LogP contribution in [-0.2, 0) is 0 Å². The van der Waals surface area contributed by atoms with Crippen LogP contribution in [-0.4, -0.2) is 19.8 Å². The molecule has 3 aromatic carbocycles. The minimum atomic E-state index is 0.571. The molecular weight excluding hydrogens is 424 g/mol. The predicted octanol–water partition coefficient (Wildman–Crippen LogP) is 6.96. The Morgan fingerprint density at radius 3 is 1.79 bits per heavy atom. The van der Waals surface area contributed by atoms with Crippen molar-refractivity contribution < 1.29 is 14.2 Å². The number of benzene rings is 3. The minimum absolute atomic E-state index is 0.571. The molecule has 34 heavy (non-hydrogen) atoms. The van der Waals surface area contributed by atoms with Crippen LogP contribution in [0.15, 0.2) is 66.7 Å². The minimum Gasteiger partial charge on any atom is -0.494 e. The van der Waals surface area contributed by atoms with Gasteiger partial charge in [-0.25, -0.2) is 0 Å². The van der Waals surface area contributed by atoms with E-state index in [0.29, 0.717) is 36.3 Å². The Bertz CT molecular complexity index is 987. The molecule has 0 aliphatic rings. The summed E-state index contributed by atoms with van der Waals surface area (Å²) in [7, 11) is 0. The molecule has 1 atom stereocenters. The number of ether oxygens (including phenoxy) is 3. The third kappa shape index (κ3) is 8.22. The fourth-order valence-electron chi connectivity index (χ4n) is 3.47. The van der Waals surface area contributed by atoms with Crippen molar-refractivity contribution in [3.63, 3.8) is 0 Å². The molecule has 0 fully saturated rings. The first-order valence-electron chi connectivity index (χ1n) is 12.3. The van der Waals surface area contributed by atoms with E-state index in [9.17, 15) is 0 Å². The average molecular weight is 463 g/mol. The number of hydrogen-bond acceptors (Lipinski definition) is 5. The van der Waals surface area contributed by atoms with Crippen LogP contribution >= 0.6 is 0 Å². The van der Waals surface area contributed by atoms with Gasteiger partial charge in [0.25, 0.3) is 0 Å². The Morgan fingerprint density at radius 2 is 1.24 bits per heavy atom. The third-order valence-corrected chi connectivity index (χ3v) is 5.87. The van der Waals surface area contributed by atoms with Crippen LogP contribution in [0.3, 0.4) is 0 Å². The van der Waals surface area contributed by atoms with Gasteiger partial charge in [0.2, 0.25) is 0 Å². The SMILES string of the molecule is CCC(C)COc1ccc(-c2ccc(OCCCCCCOc3ccc(N)cc3N)cc2)cc1. The summed E-state index contributed by atoms with van der Waals surface area (Å²) in [5.74, 6) is 3.10. The molecule has 0 radical (unpaired) electrons. The monoisotopic (exact) mass is 462 g/mol. The van der Waals surface area contributed by atoms with E-state index in [0.717, 1.165) is 50.2 Å². The van der Waals surface area contributed by atoms with Crippen molar-refractivity contribution >= 4 is 11.4 Å². The van der Waals surface area contributed by atoms with Gasteiger partial charge < -0.3 is 25.7 Å². The Kier molecular flexibility index (Phi) is 9.96. The summed E-state index contributed by atoms with van der Waals surface area (Å²) in [5, 5.41) is 0. The molecule has 3 rings (SSSR count). The molecule has 0 saturated heterocycles. The second-order valence-electron chi connectivity index (χ2n) is 8.78. The maximum absolute atomic E-state index is 5.90. The first-order chi connectivity index (χ1) is 16.5. The second-order valence-corrected chi connectivity index (χ2v) is 8.78. The van der Waals surface area contributed by atoms with Gasteiger partial charge in [0, 0.05) is 5.69 Å². The molecular formula is C29H38N2O3. The van der Waals surface area contributed by atoms with Crippen molar-refractivity contribution in [1.82, 2.24) is 0 Å². The van der Waals surface area contributed by atoms with E-state index in [1.165, 1.54) is 11.1 Å². The Hall–Kier alpha value is -3.34. The molecule has 0 heterocycles. The Balaban J connectivity index is 1.30. The highest BCUT2D eigenvalue weighted by Crippen LogP contribution is 2.26. The van der Waals surface area contributed by atoms with Gasteiger partial charge in [-0.2, -0.15) is 0 Å². The van der Waals surface area contributed by atoms with E-state index in [4.69, 9.17) is 25.7 Å². The zero-order chi connectivity index (χ0) is 24.2. The number of anilines is 2. The molecule has 0 aliphatic carbocycles. The quantitative estimate of drug-likeness (QED) is 0.200. The molecule has 3 aromatic rings. The van der Waals surface area contributed by atoms with Gasteiger partial charge in [0.05, 0.1) is 25.5 Å². The smallest absolute Gasteiger partial charge is 0.142 e. The van der Waals surface area contributed by atoms with Crippen LogP contribution in [0.4, 0.5) is 11.4 Å². The van der Waals surface area contributed by atoms with Crippen molar-refractivity contribution in [2.45, 2.75) is 46.0 Å². The van der Waals surface area contributed by atoms with Gasteiger partial charge in [0.1, 0.15) is 17.2 Å². The van der Waals surface area contributed by atoms with Crippen LogP contribution in [0.2, 0.25) is 0 Å². The second kappa shape index (κ2) is 13.4. The predicted molar refractivity (Wildman–Crippen MR) is 142 cm³/mol. The molecule has 1 unspecified atom stereocenters. The molecule has 0 bridgehead atoms. The molecule has 4 N–H and O–H groups in total. The van der Waals surface area contributed by atoms with Crippen molar-refractivity contribution in [2.24, 2.45) is 5.92 Å². The zero-order valence-corrected chi connectivity index (χ0v) is 20.5. The molecule has 0 aromatic heterocycles. The lowest BCUT2D eigenvalue weighted by molar-refractivity contribution is 0.256. The summed E-state index contributed by atoms with van der Waals surface area (Å²) in [6.07, 6.45) is 5.32. The topological polar surface area (TPSA) is 79.7 Å². The van der Waals surface area contributed by atoms with Crippen LogP contribution in [0.1, 0.15) is 46.0 Å². The highest BCUT2D eigenvalue weighted by molar-refractivity contribution is 5.65. The summed E-state index contributed by atoms with van der Waals surface area (Å²) < 4.78 is 17.5. The summed E-state index contributed by atoms with van der Waals surface area (Å²) >= 11 is 0. The van der Waals surface area contributed by atoms with Crippen molar-refractivity contribution in [3.05, 3.63) is 66.7 Å². The summed E-state index contributed by atoms with van der Waals surface area (Å²) in [6, 6.07) is 21.9. The lowest BCUT2D eigenvalue weighted by Crippen LogP contribution is -2.06. The highest BCUT2D eigenvalue weighted by atomic mass is 16.5. The lowest BCUT2D eigenvalue weighted by Gasteiger charge is -2.11. The van der Waals surface area contributed by atoms with Crippen molar-refractivity contribution in [1.29, 1.82) is 0 Å². The zero-order valence-electron chi connectivity index (χ0n) is 20.5. The largest absolute Gasteiger partial charge is 0.494 e. The van der Waals surface area contributed by atoms with E-state index in [1.807, 2.05) is 30.3 Å². The van der Waals surface area contributed by atoms with Gasteiger partial charge in [-0.1, -0.05) is 44.5 Å². The van der Waals surface area contributed by atoms with Gasteiger partial charge in [-0.05, 0) is 85.2 Å².